The predicted molar refractivity (Wildman–Crippen MR) is 134 cm³/mol. The Labute approximate surface area is 202 Å². The van der Waals surface area contributed by atoms with E-state index >= 15 is 0 Å². The molecule has 0 fully saturated rings. The van der Waals surface area contributed by atoms with Crippen molar-refractivity contribution in [3.8, 4) is 0 Å². The summed E-state index contributed by atoms with van der Waals surface area (Å²) in [4.78, 5) is 6.52. The molecule has 1 aromatic heterocycles. The quantitative estimate of drug-likeness (QED) is 0.318. The molecule has 10 heteroatoms. The molecule has 0 aliphatic carbocycles. The molecule has 2 rings (SSSR count). The highest BCUT2D eigenvalue weighted by molar-refractivity contribution is 14.0. The van der Waals surface area contributed by atoms with Crippen LogP contribution in [-0.4, -0.2) is 43.5 Å². The number of aryl methyl sites for hydroxylation is 1. The molecule has 2 N–H and O–H groups in total. The van der Waals surface area contributed by atoms with E-state index in [1.807, 2.05) is 62.7 Å². The number of halogens is 2. The van der Waals surface area contributed by atoms with Crippen molar-refractivity contribution in [3.05, 3.63) is 52.8 Å². The van der Waals surface area contributed by atoms with Crippen LogP contribution in [0, 0.1) is 0 Å². The average molecular weight is 568 g/mol. The summed E-state index contributed by atoms with van der Waals surface area (Å²) in [6, 6.07) is 8.87. The molecule has 0 spiro atoms. The standard InChI is InChI=1S/C20H30ClN5O2S.HI/c1-20(2,3)24-29(27,28)18-10-8-7-9-15(18)12-23-19(22-4)26(6)14-17-11-16(21)13-25(17)5;/h7-11,13,24H,12,14H2,1-6H3,(H,22,23);1H. The summed E-state index contributed by atoms with van der Waals surface area (Å²) in [5.74, 6) is 0.651. The van der Waals surface area contributed by atoms with Gasteiger partial charge in [-0.2, -0.15) is 0 Å². The first kappa shape index (κ1) is 26.7. The van der Waals surface area contributed by atoms with Gasteiger partial charge in [0.1, 0.15) is 0 Å². The van der Waals surface area contributed by atoms with E-state index in [1.54, 1.807) is 25.2 Å². The summed E-state index contributed by atoms with van der Waals surface area (Å²) in [6.45, 7) is 6.38. The lowest BCUT2D eigenvalue weighted by Gasteiger charge is -2.24. The SMILES string of the molecule is CN=C(NCc1ccccc1S(=O)(=O)NC(C)(C)C)N(C)Cc1cc(Cl)cn1C.I. The van der Waals surface area contributed by atoms with Gasteiger partial charge in [-0.3, -0.25) is 4.99 Å². The molecular formula is C20H31ClIN5O2S. The summed E-state index contributed by atoms with van der Waals surface area (Å²) in [5.41, 5.74) is 1.14. The Morgan fingerprint density at radius 2 is 1.90 bits per heavy atom. The lowest BCUT2D eigenvalue weighted by molar-refractivity contribution is 0.461. The topological polar surface area (TPSA) is 78.7 Å². The van der Waals surface area contributed by atoms with Crippen LogP contribution in [0.5, 0.6) is 0 Å². The monoisotopic (exact) mass is 567 g/mol. The largest absolute Gasteiger partial charge is 0.352 e. The van der Waals surface area contributed by atoms with Crippen LogP contribution in [0.1, 0.15) is 32.0 Å². The third-order valence-corrected chi connectivity index (χ3v) is 6.25. The van der Waals surface area contributed by atoms with Crippen molar-refractivity contribution in [1.82, 2.24) is 19.5 Å². The smallest absolute Gasteiger partial charge is 0.241 e. The van der Waals surface area contributed by atoms with Gasteiger partial charge in [0.2, 0.25) is 10.0 Å². The molecule has 0 bridgehead atoms. The molecule has 0 atom stereocenters. The molecule has 168 valence electrons. The average Bonchev–Trinajstić information content (AvgIpc) is 2.90. The molecule has 0 saturated heterocycles. The molecule has 0 unspecified atom stereocenters. The fraction of sp³-hybridized carbons (Fsp3) is 0.450. The highest BCUT2D eigenvalue weighted by Gasteiger charge is 2.24. The van der Waals surface area contributed by atoms with E-state index in [2.05, 4.69) is 15.0 Å². The molecule has 0 radical (unpaired) electrons. The van der Waals surface area contributed by atoms with E-state index in [0.717, 1.165) is 5.69 Å². The number of aromatic nitrogens is 1. The van der Waals surface area contributed by atoms with Gasteiger partial charge in [-0.25, -0.2) is 13.1 Å². The van der Waals surface area contributed by atoms with E-state index in [9.17, 15) is 8.42 Å². The van der Waals surface area contributed by atoms with Gasteiger partial charge in [0.25, 0.3) is 0 Å². The fourth-order valence-electron chi connectivity index (χ4n) is 2.97. The summed E-state index contributed by atoms with van der Waals surface area (Å²) in [7, 11) is 1.91. The number of nitrogens with zero attached hydrogens (tertiary/aromatic N) is 3. The second-order valence-corrected chi connectivity index (χ2v) is 10.1. The van der Waals surface area contributed by atoms with Crippen molar-refractivity contribution in [2.75, 3.05) is 14.1 Å². The maximum atomic E-state index is 12.8. The summed E-state index contributed by atoms with van der Waals surface area (Å²) >= 11 is 6.06. The van der Waals surface area contributed by atoms with E-state index in [4.69, 9.17) is 11.6 Å². The molecule has 0 saturated carbocycles. The molecule has 0 amide bonds. The van der Waals surface area contributed by atoms with E-state index in [-0.39, 0.29) is 28.9 Å². The second-order valence-electron chi connectivity index (χ2n) is 7.98. The molecule has 7 nitrogen and oxygen atoms in total. The van der Waals surface area contributed by atoms with Gasteiger partial charge in [-0.05, 0) is 38.5 Å². The van der Waals surface area contributed by atoms with Gasteiger partial charge in [-0.15, -0.1) is 24.0 Å². The molecule has 1 heterocycles. The Balaban J connectivity index is 0.00000450. The van der Waals surface area contributed by atoms with Crippen molar-refractivity contribution < 1.29 is 8.42 Å². The van der Waals surface area contributed by atoms with Crippen LogP contribution < -0.4 is 10.0 Å². The Bertz CT molecular complexity index is 983. The normalized spacial score (nSPS) is 12.4. The van der Waals surface area contributed by atoms with Crippen LogP contribution in [0.4, 0.5) is 0 Å². The minimum absolute atomic E-state index is 0. The van der Waals surface area contributed by atoms with Crippen LogP contribution >= 0.6 is 35.6 Å². The highest BCUT2D eigenvalue weighted by atomic mass is 127. The van der Waals surface area contributed by atoms with Gasteiger partial charge >= 0.3 is 0 Å². The van der Waals surface area contributed by atoms with Gasteiger partial charge < -0.3 is 14.8 Å². The van der Waals surface area contributed by atoms with Crippen molar-refractivity contribution in [2.24, 2.45) is 12.0 Å². The van der Waals surface area contributed by atoms with Gasteiger partial charge in [-0.1, -0.05) is 29.8 Å². The van der Waals surface area contributed by atoms with Crippen LogP contribution in [0.25, 0.3) is 0 Å². The first-order chi connectivity index (χ1) is 13.4. The lowest BCUT2D eigenvalue weighted by Crippen LogP contribution is -2.41. The molecule has 0 aliphatic rings. The number of sulfonamides is 1. The van der Waals surface area contributed by atoms with Gasteiger partial charge in [0, 0.05) is 45.1 Å². The highest BCUT2D eigenvalue weighted by Crippen LogP contribution is 2.18. The van der Waals surface area contributed by atoms with Gasteiger partial charge in [0.15, 0.2) is 5.96 Å². The summed E-state index contributed by atoms with van der Waals surface area (Å²) in [5, 5.41) is 3.93. The van der Waals surface area contributed by atoms with Gasteiger partial charge in [0.05, 0.1) is 16.5 Å². The Kier molecular flexibility index (Phi) is 9.65. The number of hydrogen-bond donors (Lipinski definition) is 2. The minimum atomic E-state index is -3.64. The molecular weight excluding hydrogens is 537 g/mol. The second kappa shape index (κ2) is 10.8. The zero-order chi connectivity index (χ0) is 21.8. The third kappa shape index (κ3) is 7.44. The van der Waals surface area contributed by atoms with Crippen molar-refractivity contribution in [1.29, 1.82) is 0 Å². The molecule has 1 aromatic carbocycles. The van der Waals surface area contributed by atoms with Crippen LogP contribution in [-0.2, 0) is 30.2 Å². The number of nitrogens with one attached hydrogen (secondary N) is 2. The predicted octanol–water partition coefficient (Wildman–Crippen LogP) is 3.58. The zero-order valence-electron chi connectivity index (χ0n) is 18.2. The third-order valence-electron chi connectivity index (χ3n) is 4.19. The van der Waals surface area contributed by atoms with Crippen LogP contribution in [0.2, 0.25) is 5.02 Å². The summed E-state index contributed by atoms with van der Waals surface area (Å²) < 4.78 is 30.3. The number of benzene rings is 1. The Morgan fingerprint density at radius 3 is 2.43 bits per heavy atom. The van der Waals surface area contributed by atoms with Crippen LogP contribution in [0.3, 0.4) is 0 Å². The van der Waals surface area contributed by atoms with Crippen molar-refractivity contribution >= 4 is 51.6 Å². The van der Waals surface area contributed by atoms with E-state index in [0.29, 0.717) is 29.6 Å². The van der Waals surface area contributed by atoms with E-state index in [1.165, 1.54) is 0 Å². The lowest BCUT2D eigenvalue weighted by atomic mass is 10.1. The molecule has 0 aliphatic heterocycles. The van der Waals surface area contributed by atoms with Crippen molar-refractivity contribution in [2.45, 2.75) is 44.3 Å². The number of rotatable bonds is 6. The van der Waals surface area contributed by atoms with Crippen molar-refractivity contribution in [3.63, 3.8) is 0 Å². The Morgan fingerprint density at radius 1 is 1.27 bits per heavy atom. The molecule has 30 heavy (non-hydrogen) atoms. The minimum Gasteiger partial charge on any atom is -0.352 e. The first-order valence-corrected chi connectivity index (χ1v) is 11.1. The fourth-order valence-corrected chi connectivity index (χ4v) is 4.90. The number of guanidine groups is 1. The van der Waals surface area contributed by atoms with Crippen LogP contribution in [0.15, 0.2) is 46.4 Å². The number of hydrogen-bond acceptors (Lipinski definition) is 3. The molecule has 2 aromatic rings. The first-order valence-electron chi connectivity index (χ1n) is 9.27. The summed E-state index contributed by atoms with van der Waals surface area (Å²) in [6.07, 6.45) is 1.85. The zero-order valence-corrected chi connectivity index (χ0v) is 22.1. The maximum Gasteiger partial charge on any atom is 0.241 e. The number of aliphatic imine (C=N–C) groups is 1. The van der Waals surface area contributed by atoms with E-state index < -0.39 is 15.6 Å². The maximum absolute atomic E-state index is 12.8. The Hall–Kier alpha value is -1.30.